The largest absolute Gasteiger partial charge is 0.379 e. The molecular weight excluding hydrogens is 216 g/mol. The fourth-order valence-corrected chi connectivity index (χ4v) is 2.93. The second-order valence-electron chi connectivity index (χ2n) is 5.45. The Bertz CT molecular complexity index is 256. The van der Waals surface area contributed by atoms with Gasteiger partial charge in [-0.05, 0) is 31.1 Å². The molecule has 2 aliphatic rings. The molecule has 0 aromatic rings. The minimum Gasteiger partial charge on any atom is -0.379 e. The minimum atomic E-state index is -0.0276. The summed E-state index contributed by atoms with van der Waals surface area (Å²) in [5, 5.41) is 6.01. The van der Waals surface area contributed by atoms with Gasteiger partial charge in [-0.15, -0.1) is 0 Å². The highest BCUT2D eigenvalue weighted by molar-refractivity contribution is 5.74. The van der Waals surface area contributed by atoms with E-state index in [1.165, 1.54) is 32.1 Å². The van der Waals surface area contributed by atoms with Crippen molar-refractivity contribution in [2.75, 3.05) is 19.8 Å². The van der Waals surface area contributed by atoms with Gasteiger partial charge in [0.1, 0.15) is 0 Å². The van der Waals surface area contributed by atoms with Crippen LogP contribution in [0.2, 0.25) is 0 Å². The molecule has 2 N–H and O–H groups in total. The smallest absolute Gasteiger partial charge is 0.315 e. The van der Waals surface area contributed by atoms with E-state index in [2.05, 4.69) is 17.6 Å². The molecule has 1 atom stereocenters. The average molecular weight is 240 g/mol. The van der Waals surface area contributed by atoms with E-state index < -0.39 is 0 Å². The van der Waals surface area contributed by atoms with Crippen molar-refractivity contribution in [1.82, 2.24) is 10.6 Å². The number of hydrogen-bond donors (Lipinski definition) is 2. The van der Waals surface area contributed by atoms with E-state index in [1.807, 2.05) is 0 Å². The third-order valence-corrected chi connectivity index (χ3v) is 4.30. The van der Waals surface area contributed by atoms with Gasteiger partial charge < -0.3 is 15.4 Å². The van der Waals surface area contributed by atoms with Gasteiger partial charge in [-0.3, -0.25) is 0 Å². The van der Waals surface area contributed by atoms with E-state index >= 15 is 0 Å². The molecule has 0 bridgehead atoms. The first kappa shape index (κ1) is 12.7. The Morgan fingerprint density at radius 1 is 1.41 bits per heavy atom. The van der Waals surface area contributed by atoms with Gasteiger partial charge in [0.05, 0.1) is 12.6 Å². The van der Waals surface area contributed by atoms with Gasteiger partial charge in [0, 0.05) is 13.2 Å². The van der Waals surface area contributed by atoms with E-state index in [0.717, 1.165) is 19.6 Å². The molecular formula is C13H24N2O2. The Morgan fingerprint density at radius 2 is 2.18 bits per heavy atom. The van der Waals surface area contributed by atoms with Crippen LogP contribution in [0.5, 0.6) is 0 Å². The predicted octanol–water partition coefficient (Wildman–Crippen LogP) is 2.04. The molecule has 0 aromatic heterocycles. The standard InChI is InChI=1S/C13H24N2O2/c1-2-13(6-3-4-7-13)10-14-12(16)15-11-5-8-17-9-11/h11H,2-10H2,1H3,(H2,14,15,16). The molecule has 1 saturated heterocycles. The van der Waals surface area contributed by atoms with Gasteiger partial charge in [0.25, 0.3) is 0 Å². The fourth-order valence-electron chi connectivity index (χ4n) is 2.93. The Kier molecular flexibility index (Phi) is 4.26. The van der Waals surface area contributed by atoms with Crippen LogP contribution < -0.4 is 10.6 Å². The van der Waals surface area contributed by atoms with E-state index in [1.54, 1.807) is 0 Å². The lowest BCUT2D eigenvalue weighted by Crippen LogP contribution is -2.45. The van der Waals surface area contributed by atoms with E-state index in [4.69, 9.17) is 4.74 Å². The van der Waals surface area contributed by atoms with Crippen LogP contribution in [-0.4, -0.2) is 31.8 Å². The molecule has 4 nitrogen and oxygen atoms in total. The summed E-state index contributed by atoms with van der Waals surface area (Å²) in [6.07, 6.45) is 7.25. The first-order chi connectivity index (χ1) is 8.24. The number of carbonyl (C=O) groups is 1. The van der Waals surface area contributed by atoms with Gasteiger partial charge in [0.15, 0.2) is 0 Å². The first-order valence-corrected chi connectivity index (χ1v) is 6.86. The van der Waals surface area contributed by atoms with Crippen molar-refractivity contribution in [3.8, 4) is 0 Å². The summed E-state index contributed by atoms with van der Waals surface area (Å²) >= 11 is 0. The molecule has 2 rings (SSSR count). The molecule has 17 heavy (non-hydrogen) atoms. The van der Waals surface area contributed by atoms with Gasteiger partial charge in [-0.25, -0.2) is 4.79 Å². The van der Waals surface area contributed by atoms with E-state index in [-0.39, 0.29) is 12.1 Å². The molecule has 1 saturated carbocycles. The maximum atomic E-state index is 11.7. The summed E-state index contributed by atoms with van der Waals surface area (Å²) < 4.78 is 5.23. The third-order valence-electron chi connectivity index (χ3n) is 4.30. The summed E-state index contributed by atoms with van der Waals surface area (Å²) in [6, 6.07) is 0.177. The minimum absolute atomic E-state index is 0.0276. The molecule has 1 aliphatic carbocycles. The van der Waals surface area contributed by atoms with Crippen LogP contribution in [0.4, 0.5) is 4.79 Å². The lowest BCUT2D eigenvalue weighted by molar-refractivity contribution is 0.187. The predicted molar refractivity (Wildman–Crippen MR) is 67.0 cm³/mol. The van der Waals surface area contributed by atoms with Crippen molar-refractivity contribution in [2.45, 2.75) is 51.5 Å². The average Bonchev–Trinajstić information content (AvgIpc) is 2.98. The number of carbonyl (C=O) groups excluding carboxylic acids is 1. The zero-order valence-corrected chi connectivity index (χ0v) is 10.8. The van der Waals surface area contributed by atoms with Crippen molar-refractivity contribution in [2.24, 2.45) is 5.41 Å². The summed E-state index contributed by atoms with van der Waals surface area (Å²) in [4.78, 5) is 11.7. The highest BCUT2D eigenvalue weighted by Crippen LogP contribution is 2.40. The maximum Gasteiger partial charge on any atom is 0.315 e. The number of urea groups is 1. The van der Waals surface area contributed by atoms with Crippen LogP contribution in [-0.2, 0) is 4.74 Å². The molecule has 1 aliphatic heterocycles. The number of rotatable bonds is 4. The molecule has 1 heterocycles. The summed E-state index contributed by atoms with van der Waals surface area (Å²) in [6.45, 7) is 4.48. The van der Waals surface area contributed by atoms with Crippen molar-refractivity contribution >= 4 is 6.03 Å². The highest BCUT2D eigenvalue weighted by Gasteiger charge is 2.32. The molecule has 98 valence electrons. The zero-order chi connectivity index (χ0) is 12.1. The van der Waals surface area contributed by atoms with Crippen molar-refractivity contribution in [3.63, 3.8) is 0 Å². The van der Waals surface area contributed by atoms with Crippen LogP contribution in [0.25, 0.3) is 0 Å². The van der Waals surface area contributed by atoms with Gasteiger partial charge >= 0.3 is 6.03 Å². The first-order valence-electron chi connectivity index (χ1n) is 6.86. The molecule has 0 spiro atoms. The Morgan fingerprint density at radius 3 is 2.76 bits per heavy atom. The van der Waals surface area contributed by atoms with Crippen molar-refractivity contribution in [3.05, 3.63) is 0 Å². The number of amides is 2. The van der Waals surface area contributed by atoms with E-state index in [0.29, 0.717) is 12.0 Å². The second-order valence-corrected chi connectivity index (χ2v) is 5.45. The fraction of sp³-hybridized carbons (Fsp3) is 0.923. The lowest BCUT2D eigenvalue weighted by atomic mass is 9.83. The Hall–Kier alpha value is -0.770. The molecule has 2 fully saturated rings. The number of nitrogens with one attached hydrogen (secondary N) is 2. The van der Waals surface area contributed by atoms with Gasteiger partial charge in [0.2, 0.25) is 0 Å². The quantitative estimate of drug-likeness (QED) is 0.790. The summed E-state index contributed by atoms with van der Waals surface area (Å²) in [5.74, 6) is 0. The third kappa shape index (κ3) is 3.35. The Balaban J connectivity index is 1.71. The molecule has 2 amide bonds. The lowest BCUT2D eigenvalue weighted by Gasteiger charge is -2.28. The number of ether oxygens (including phenoxy) is 1. The summed E-state index contributed by atoms with van der Waals surface area (Å²) in [7, 11) is 0. The molecule has 0 aromatic carbocycles. The Labute approximate surface area is 103 Å². The molecule has 0 radical (unpaired) electrons. The van der Waals surface area contributed by atoms with Crippen LogP contribution in [0.1, 0.15) is 45.4 Å². The number of hydrogen-bond acceptors (Lipinski definition) is 2. The van der Waals surface area contributed by atoms with Crippen molar-refractivity contribution < 1.29 is 9.53 Å². The SMILES string of the molecule is CCC1(CNC(=O)NC2CCOC2)CCCC1. The van der Waals surface area contributed by atoms with Gasteiger partial charge in [-0.2, -0.15) is 0 Å². The normalized spacial score (nSPS) is 27.0. The van der Waals surface area contributed by atoms with Crippen LogP contribution in [0.3, 0.4) is 0 Å². The zero-order valence-electron chi connectivity index (χ0n) is 10.8. The molecule has 4 heteroatoms. The van der Waals surface area contributed by atoms with E-state index in [9.17, 15) is 4.79 Å². The van der Waals surface area contributed by atoms with Crippen molar-refractivity contribution in [1.29, 1.82) is 0 Å². The van der Waals surface area contributed by atoms with Crippen LogP contribution in [0, 0.1) is 5.41 Å². The van der Waals surface area contributed by atoms with Crippen LogP contribution in [0.15, 0.2) is 0 Å². The van der Waals surface area contributed by atoms with Gasteiger partial charge in [-0.1, -0.05) is 19.8 Å². The second kappa shape index (κ2) is 5.71. The maximum absolute atomic E-state index is 11.7. The monoisotopic (exact) mass is 240 g/mol. The molecule has 1 unspecified atom stereocenters. The van der Waals surface area contributed by atoms with Crippen LogP contribution >= 0.6 is 0 Å². The topological polar surface area (TPSA) is 50.4 Å². The summed E-state index contributed by atoms with van der Waals surface area (Å²) in [5.41, 5.74) is 0.365. The highest BCUT2D eigenvalue weighted by atomic mass is 16.5.